The van der Waals surface area contributed by atoms with E-state index in [0.717, 1.165) is 6.54 Å². The van der Waals surface area contributed by atoms with Gasteiger partial charge < -0.3 is 4.74 Å². The third-order valence-electron chi connectivity index (χ3n) is 2.37. The molecule has 0 amide bonds. The Morgan fingerprint density at radius 1 is 1.44 bits per heavy atom. The molecule has 0 radical (unpaired) electrons. The molecule has 2 atom stereocenters. The van der Waals surface area contributed by atoms with Gasteiger partial charge in [-0.3, -0.25) is 9.53 Å². The van der Waals surface area contributed by atoms with E-state index in [1.165, 1.54) is 0 Å². The summed E-state index contributed by atoms with van der Waals surface area (Å²) in [5, 5.41) is 2.82. The van der Waals surface area contributed by atoms with E-state index in [0.29, 0.717) is 11.3 Å². The van der Waals surface area contributed by atoms with Crippen LogP contribution in [0.3, 0.4) is 0 Å². The Balaban J connectivity index is 1.87. The Morgan fingerprint density at radius 2 is 2.19 bits per heavy atom. The van der Waals surface area contributed by atoms with Crippen molar-refractivity contribution >= 4 is 16.8 Å². The van der Waals surface area contributed by atoms with Gasteiger partial charge in [-0.15, -0.1) is 0 Å². The molecule has 0 aromatic heterocycles. The quantitative estimate of drug-likeness (QED) is 0.781. The molecule has 1 aromatic rings. The van der Waals surface area contributed by atoms with Crippen molar-refractivity contribution in [1.29, 1.82) is 0 Å². The van der Waals surface area contributed by atoms with Crippen LogP contribution in [0.25, 0.3) is 0 Å². The molecule has 2 rings (SSSR count). The van der Waals surface area contributed by atoms with E-state index in [9.17, 15) is 9.00 Å². The summed E-state index contributed by atoms with van der Waals surface area (Å²) in [5.41, 5.74) is 0.520. The van der Waals surface area contributed by atoms with Crippen LogP contribution in [0.5, 0.6) is 0 Å². The topological polar surface area (TPSA) is 55.4 Å². The van der Waals surface area contributed by atoms with Crippen LogP contribution in [0.15, 0.2) is 30.3 Å². The monoisotopic (exact) mass is 239 g/mol. The van der Waals surface area contributed by atoms with Gasteiger partial charge >= 0.3 is 5.97 Å². The summed E-state index contributed by atoms with van der Waals surface area (Å²) >= 11 is 0. The van der Waals surface area contributed by atoms with E-state index >= 15 is 0 Å². The number of rotatable bonds is 3. The molecule has 1 aliphatic rings. The second-order valence-corrected chi connectivity index (χ2v) is 5.23. The Morgan fingerprint density at radius 3 is 2.81 bits per heavy atom. The molecule has 1 saturated heterocycles. The number of esters is 1. The average Bonchev–Trinajstić information content (AvgIpc) is 2.73. The summed E-state index contributed by atoms with van der Waals surface area (Å²) in [6, 6.07) is 8.79. The number of benzene rings is 1. The molecule has 0 spiro atoms. The second kappa shape index (κ2) is 5.23. The fourth-order valence-corrected chi connectivity index (χ4v) is 2.63. The standard InChI is InChI=1S/C11H13NO3S/c13-11(9-4-2-1-3-5-9)15-8-10-12-6-7-16(10)14/h1-5,10,12H,6-8H2. The fraction of sp³-hybridized carbons (Fsp3) is 0.364. The highest BCUT2D eigenvalue weighted by Gasteiger charge is 2.23. The summed E-state index contributed by atoms with van der Waals surface area (Å²) in [6.07, 6.45) is 0. The SMILES string of the molecule is O=C(OCC1NCCS1=O)c1ccccc1. The molecule has 5 heteroatoms. The number of hydrogen-bond donors (Lipinski definition) is 1. The van der Waals surface area contributed by atoms with Crippen LogP contribution in [0, 0.1) is 0 Å². The van der Waals surface area contributed by atoms with Gasteiger partial charge in [-0.05, 0) is 12.1 Å². The van der Waals surface area contributed by atoms with E-state index in [1.54, 1.807) is 24.3 Å². The van der Waals surface area contributed by atoms with Crippen molar-refractivity contribution in [2.75, 3.05) is 18.9 Å². The minimum atomic E-state index is -0.922. The van der Waals surface area contributed by atoms with Gasteiger partial charge in [0.15, 0.2) is 0 Å². The van der Waals surface area contributed by atoms with E-state index in [1.807, 2.05) is 6.07 Å². The van der Waals surface area contributed by atoms with Crippen molar-refractivity contribution in [1.82, 2.24) is 5.32 Å². The average molecular weight is 239 g/mol. The highest BCUT2D eigenvalue weighted by atomic mass is 32.2. The molecule has 1 fully saturated rings. The van der Waals surface area contributed by atoms with Gasteiger partial charge in [0.1, 0.15) is 12.0 Å². The highest BCUT2D eigenvalue weighted by Crippen LogP contribution is 2.05. The largest absolute Gasteiger partial charge is 0.459 e. The van der Waals surface area contributed by atoms with Crippen molar-refractivity contribution in [2.24, 2.45) is 0 Å². The molecule has 1 heterocycles. The zero-order valence-electron chi connectivity index (χ0n) is 8.72. The number of ether oxygens (including phenoxy) is 1. The molecule has 2 unspecified atom stereocenters. The molecule has 16 heavy (non-hydrogen) atoms. The normalized spacial score (nSPS) is 24.2. The predicted molar refractivity (Wildman–Crippen MR) is 61.5 cm³/mol. The first-order valence-electron chi connectivity index (χ1n) is 5.10. The molecular weight excluding hydrogens is 226 g/mol. The minimum absolute atomic E-state index is 0.167. The Kier molecular flexibility index (Phi) is 3.69. The lowest BCUT2D eigenvalue weighted by molar-refractivity contribution is 0.0499. The molecule has 4 nitrogen and oxygen atoms in total. The van der Waals surface area contributed by atoms with Crippen LogP contribution in [-0.4, -0.2) is 34.5 Å². The van der Waals surface area contributed by atoms with Crippen LogP contribution in [0.1, 0.15) is 10.4 Å². The third kappa shape index (κ3) is 2.68. The zero-order valence-corrected chi connectivity index (χ0v) is 9.53. The van der Waals surface area contributed by atoms with E-state index < -0.39 is 10.8 Å². The zero-order chi connectivity index (χ0) is 11.4. The number of nitrogens with one attached hydrogen (secondary N) is 1. The van der Waals surface area contributed by atoms with Gasteiger partial charge in [0.05, 0.1) is 5.56 Å². The van der Waals surface area contributed by atoms with E-state index in [2.05, 4.69) is 5.32 Å². The van der Waals surface area contributed by atoms with Gasteiger partial charge in [0.25, 0.3) is 0 Å². The lowest BCUT2D eigenvalue weighted by Gasteiger charge is -2.09. The number of carbonyl (C=O) groups is 1. The van der Waals surface area contributed by atoms with Gasteiger partial charge in [-0.25, -0.2) is 4.79 Å². The number of carbonyl (C=O) groups excluding carboxylic acids is 1. The summed E-state index contributed by atoms with van der Waals surface area (Å²) in [7, 11) is -0.922. The first-order chi connectivity index (χ1) is 7.77. The first-order valence-corrected chi connectivity index (χ1v) is 6.48. The molecule has 0 aliphatic carbocycles. The maximum atomic E-state index is 11.6. The summed E-state index contributed by atoms with van der Waals surface area (Å²) in [4.78, 5) is 11.6. The van der Waals surface area contributed by atoms with Crippen LogP contribution in [0.4, 0.5) is 0 Å². The molecule has 86 valence electrons. The minimum Gasteiger partial charge on any atom is -0.459 e. The molecule has 1 aliphatic heterocycles. The van der Waals surface area contributed by atoms with Crippen LogP contribution >= 0.6 is 0 Å². The van der Waals surface area contributed by atoms with Crippen molar-refractivity contribution in [3.05, 3.63) is 35.9 Å². The van der Waals surface area contributed by atoms with E-state index in [4.69, 9.17) is 4.74 Å². The van der Waals surface area contributed by atoms with Crippen LogP contribution in [0.2, 0.25) is 0 Å². The van der Waals surface area contributed by atoms with Gasteiger partial charge in [-0.1, -0.05) is 18.2 Å². The van der Waals surface area contributed by atoms with Crippen molar-refractivity contribution in [2.45, 2.75) is 5.37 Å². The summed E-state index contributed by atoms with van der Waals surface area (Å²) < 4.78 is 16.5. The van der Waals surface area contributed by atoms with Crippen LogP contribution < -0.4 is 5.32 Å². The van der Waals surface area contributed by atoms with Gasteiger partial charge in [0.2, 0.25) is 0 Å². The Labute approximate surface area is 96.4 Å². The fourth-order valence-electron chi connectivity index (χ4n) is 1.50. The van der Waals surface area contributed by atoms with E-state index in [-0.39, 0.29) is 18.0 Å². The van der Waals surface area contributed by atoms with Gasteiger partial charge in [-0.2, -0.15) is 0 Å². The van der Waals surface area contributed by atoms with Crippen molar-refractivity contribution in [3.8, 4) is 0 Å². The molecular formula is C11H13NO3S. The highest BCUT2D eigenvalue weighted by molar-refractivity contribution is 7.85. The second-order valence-electron chi connectivity index (χ2n) is 3.49. The third-order valence-corrected chi connectivity index (χ3v) is 3.91. The summed E-state index contributed by atoms with van der Waals surface area (Å²) in [6.45, 7) is 0.889. The van der Waals surface area contributed by atoms with Crippen molar-refractivity contribution in [3.63, 3.8) is 0 Å². The summed E-state index contributed by atoms with van der Waals surface area (Å²) in [5.74, 6) is 0.263. The maximum Gasteiger partial charge on any atom is 0.338 e. The first kappa shape index (κ1) is 11.3. The maximum absolute atomic E-state index is 11.6. The van der Waals surface area contributed by atoms with Crippen LogP contribution in [-0.2, 0) is 15.5 Å². The molecule has 0 bridgehead atoms. The van der Waals surface area contributed by atoms with Crippen molar-refractivity contribution < 1.29 is 13.7 Å². The Hall–Kier alpha value is -1.20. The molecule has 0 saturated carbocycles. The predicted octanol–water partition coefficient (Wildman–Crippen LogP) is 0.521. The Bertz CT molecular complexity index is 393. The molecule has 1 N–H and O–H groups in total. The van der Waals surface area contributed by atoms with Gasteiger partial charge in [0, 0.05) is 23.1 Å². The smallest absolute Gasteiger partial charge is 0.338 e. The lowest BCUT2D eigenvalue weighted by Crippen LogP contribution is -2.30. The number of hydrogen-bond acceptors (Lipinski definition) is 4. The lowest BCUT2D eigenvalue weighted by atomic mass is 10.2. The molecule has 1 aromatic carbocycles.